The predicted octanol–water partition coefficient (Wildman–Crippen LogP) is 3.16. The van der Waals surface area contributed by atoms with Crippen LogP contribution in [0.1, 0.15) is 57.6 Å². The van der Waals surface area contributed by atoms with Gasteiger partial charge in [0.05, 0.1) is 6.04 Å². The topological polar surface area (TPSA) is 55.1 Å². The lowest BCUT2D eigenvalue weighted by Crippen LogP contribution is -2.43. The molecule has 0 radical (unpaired) electrons. The SMILES string of the molecule is CC(C)C(NC(=O)CC1(N)CCCC1)c1ccccc1. The minimum absolute atomic E-state index is 0.0636. The average molecular weight is 274 g/mol. The molecule has 0 heterocycles. The Morgan fingerprint density at radius 2 is 1.85 bits per heavy atom. The van der Waals surface area contributed by atoms with E-state index in [0.29, 0.717) is 12.3 Å². The summed E-state index contributed by atoms with van der Waals surface area (Å²) in [6, 6.07) is 10.2. The Kier molecular flexibility index (Phi) is 4.81. The van der Waals surface area contributed by atoms with Gasteiger partial charge in [-0.3, -0.25) is 4.79 Å². The van der Waals surface area contributed by atoms with Crippen molar-refractivity contribution in [2.45, 2.75) is 57.5 Å². The fourth-order valence-corrected chi connectivity index (χ4v) is 3.10. The van der Waals surface area contributed by atoms with Crippen LogP contribution in [-0.2, 0) is 4.79 Å². The molecule has 0 bridgehead atoms. The zero-order chi connectivity index (χ0) is 14.6. The van der Waals surface area contributed by atoms with Crippen LogP contribution in [0.4, 0.5) is 0 Å². The largest absolute Gasteiger partial charge is 0.349 e. The third-order valence-corrected chi connectivity index (χ3v) is 4.25. The molecule has 1 aromatic carbocycles. The van der Waals surface area contributed by atoms with E-state index in [2.05, 4.69) is 31.3 Å². The van der Waals surface area contributed by atoms with Gasteiger partial charge in [0.2, 0.25) is 5.91 Å². The maximum absolute atomic E-state index is 12.3. The van der Waals surface area contributed by atoms with Gasteiger partial charge in [-0.25, -0.2) is 0 Å². The monoisotopic (exact) mass is 274 g/mol. The van der Waals surface area contributed by atoms with Gasteiger partial charge in [0.25, 0.3) is 0 Å². The third kappa shape index (κ3) is 3.83. The molecular formula is C17H26N2O. The van der Waals surface area contributed by atoms with Crippen LogP contribution in [0.5, 0.6) is 0 Å². The highest BCUT2D eigenvalue weighted by Gasteiger charge is 2.32. The second-order valence-corrected chi connectivity index (χ2v) is 6.45. The Morgan fingerprint density at radius 1 is 1.25 bits per heavy atom. The van der Waals surface area contributed by atoms with Gasteiger partial charge < -0.3 is 11.1 Å². The summed E-state index contributed by atoms with van der Waals surface area (Å²) < 4.78 is 0. The number of hydrogen-bond acceptors (Lipinski definition) is 2. The van der Waals surface area contributed by atoms with Gasteiger partial charge in [0.1, 0.15) is 0 Å². The summed E-state index contributed by atoms with van der Waals surface area (Å²) in [5.41, 5.74) is 7.17. The summed E-state index contributed by atoms with van der Waals surface area (Å²) in [6.07, 6.45) is 4.69. The number of hydrogen-bond donors (Lipinski definition) is 2. The van der Waals surface area contributed by atoms with E-state index in [4.69, 9.17) is 5.73 Å². The summed E-state index contributed by atoms with van der Waals surface area (Å²) in [5.74, 6) is 0.440. The number of rotatable bonds is 5. The van der Waals surface area contributed by atoms with Crippen molar-refractivity contribution in [3.8, 4) is 0 Å². The summed E-state index contributed by atoms with van der Waals surface area (Å²) in [5, 5.41) is 3.17. The maximum atomic E-state index is 12.3. The lowest BCUT2D eigenvalue weighted by atomic mass is 9.92. The van der Waals surface area contributed by atoms with Crippen molar-refractivity contribution in [2.75, 3.05) is 0 Å². The Morgan fingerprint density at radius 3 is 2.40 bits per heavy atom. The second kappa shape index (κ2) is 6.40. The van der Waals surface area contributed by atoms with Crippen molar-refractivity contribution in [3.05, 3.63) is 35.9 Å². The van der Waals surface area contributed by atoms with Crippen LogP contribution >= 0.6 is 0 Å². The highest BCUT2D eigenvalue weighted by molar-refractivity contribution is 5.77. The van der Waals surface area contributed by atoms with E-state index in [9.17, 15) is 4.79 Å². The summed E-state index contributed by atoms with van der Waals surface area (Å²) >= 11 is 0. The summed E-state index contributed by atoms with van der Waals surface area (Å²) in [7, 11) is 0. The number of carbonyl (C=O) groups is 1. The Balaban J connectivity index is 2.00. The quantitative estimate of drug-likeness (QED) is 0.866. The lowest BCUT2D eigenvalue weighted by Gasteiger charge is -2.27. The lowest BCUT2D eigenvalue weighted by molar-refractivity contribution is -0.123. The molecule has 1 atom stereocenters. The van der Waals surface area contributed by atoms with Crippen LogP contribution in [0.2, 0.25) is 0 Å². The number of nitrogens with one attached hydrogen (secondary N) is 1. The number of amides is 1. The first-order valence-corrected chi connectivity index (χ1v) is 7.63. The minimum atomic E-state index is -0.275. The highest BCUT2D eigenvalue weighted by atomic mass is 16.1. The van der Waals surface area contributed by atoms with E-state index < -0.39 is 0 Å². The molecule has 3 N–H and O–H groups in total. The molecule has 110 valence electrons. The second-order valence-electron chi connectivity index (χ2n) is 6.45. The minimum Gasteiger partial charge on any atom is -0.349 e. The third-order valence-electron chi connectivity index (χ3n) is 4.25. The van der Waals surface area contributed by atoms with E-state index in [1.54, 1.807) is 0 Å². The average Bonchev–Trinajstić information content (AvgIpc) is 2.83. The molecular weight excluding hydrogens is 248 g/mol. The van der Waals surface area contributed by atoms with Gasteiger partial charge >= 0.3 is 0 Å². The Labute approximate surface area is 121 Å². The first-order valence-electron chi connectivity index (χ1n) is 7.63. The van der Waals surface area contributed by atoms with Gasteiger partial charge in [-0.15, -0.1) is 0 Å². The molecule has 1 fully saturated rings. The molecule has 1 amide bonds. The predicted molar refractivity (Wildman–Crippen MR) is 82.2 cm³/mol. The number of nitrogens with two attached hydrogens (primary N) is 1. The van der Waals surface area contributed by atoms with Crippen molar-refractivity contribution >= 4 is 5.91 Å². The van der Waals surface area contributed by atoms with E-state index in [1.807, 2.05) is 18.2 Å². The highest BCUT2D eigenvalue weighted by Crippen LogP contribution is 2.30. The van der Waals surface area contributed by atoms with Crippen molar-refractivity contribution < 1.29 is 4.79 Å². The standard InChI is InChI=1S/C17H26N2O/c1-13(2)16(14-8-4-3-5-9-14)19-15(20)12-17(18)10-6-7-11-17/h3-5,8-9,13,16H,6-7,10-12,18H2,1-2H3,(H,19,20). The Bertz CT molecular complexity index is 436. The van der Waals surface area contributed by atoms with Crippen molar-refractivity contribution in [2.24, 2.45) is 11.7 Å². The van der Waals surface area contributed by atoms with Crippen LogP contribution in [0, 0.1) is 5.92 Å². The Hall–Kier alpha value is -1.35. The fraction of sp³-hybridized carbons (Fsp3) is 0.588. The van der Waals surface area contributed by atoms with Crippen molar-refractivity contribution in [1.82, 2.24) is 5.32 Å². The molecule has 1 saturated carbocycles. The van der Waals surface area contributed by atoms with E-state index in [-0.39, 0.29) is 17.5 Å². The number of benzene rings is 1. The smallest absolute Gasteiger partial charge is 0.222 e. The van der Waals surface area contributed by atoms with Gasteiger partial charge in [0.15, 0.2) is 0 Å². The maximum Gasteiger partial charge on any atom is 0.222 e. The number of carbonyl (C=O) groups excluding carboxylic acids is 1. The molecule has 0 aliphatic heterocycles. The van der Waals surface area contributed by atoms with Gasteiger partial charge in [-0.05, 0) is 24.3 Å². The zero-order valence-corrected chi connectivity index (χ0v) is 12.6. The normalized spacial score (nSPS) is 19.0. The molecule has 3 heteroatoms. The summed E-state index contributed by atoms with van der Waals surface area (Å²) in [6.45, 7) is 4.26. The van der Waals surface area contributed by atoms with Gasteiger partial charge in [-0.2, -0.15) is 0 Å². The summed E-state index contributed by atoms with van der Waals surface area (Å²) in [4.78, 5) is 12.3. The fourth-order valence-electron chi connectivity index (χ4n) is 3.10. The molecule has 1 unspecified atom stereocenters. The van der Waals surface area contributed by atoms with Crippen LogP contribution in [0.25, 0.3) is 0 Å². The molecule has 1 aromatic rings. The van der Waals surface area contributed by atoms with Crippen LogP contribution in [0.15, 0.2) is 30.3 Å². The molecule has 3 nitrogen and oxygen atoms in total. The molecule has 0 aromatic heterocycles. The molecule has 20 heavy (non-hydrogen) atoms. The van der Waals surface area contributed by atoms with Crippen LogP contribution in [0.3, 0.4) is 0 Å². The molecule has 0 spiro atoms. The molecule has 0 saturated heterocycles. The van der Waals surface area contributed by atoms with E-state index in [1.165, 1.54) is 0 Å². The van der Waals surface area contributed by atoms with Crippen LogP contribution in [-0.4, -0.2) is 11.4 Å². The molecule has 1 aliphatic carbocycles. The van der Waals surface area contributed by atoms with Crippen LogP contribution < -0.4 is 11.1 Å². The molecule has 2 rings (SSSR count). The van der Waals surface area contributed by atoms with E-state index >= 15 is 0 Å². The van der Waals surface area contributed by atoms with Gasteiger partial charge in [-0.1, -0.05) is 57.0 Å². The zero-order valence-electron chi connectivity index (χ0n) is 12.6. The first-order chi connectivity index (χ1) is 9.50. The molecule has 1 aliphatic rings. The van der Waals surface area contributed by atoms with Gasteiger partial charge in [0, 0.05) is 12.0 Å². The first kappa shape index (κ1) is 15.0. The van der Waals surface area contributed by atoms with E-state index in [0.717, 1.165) is 31.2 Å². The van der Waals surface area contributed by atoms with Crippen molar-refractivity contribution in [3.63, 3.8) is 0 Å². The van der Waals surface area contributed by atoms with Crippen molar-refractivity contribution in [1.29, 1.82) is 0 Å².